The summed E-state index contributed by atoms with van der Waals surface area (Å²) in [7, 11) is 0. The Morgan fingerprint density at radius 1 is 1.09 bits per heavy atom. The van der Waals surface area contributed by atoms with Crippen LogP contribution in [0.5, 0.6) is 5.75 Å². The number of hydrogen-bond acceptors (Lipinski definition) is 4. The molecule has 0 bridgehead atoms. The third-order valence-electron chi connectivity index (χ3n) is 8.08. The van der Waals surface area contributed by atoms with Crippen molar-refractivity contribution in [2.24, 2.45) is 5.92 Å². The van der Waals surface area contributed by atoms with Gasteiger partial charge in [-0.1, -0.05) is 24.3 Å². The van der Waals surface area contributed by atoms with Gasteiger partial charge in [0.15, 0.2) is 0 Å². The van der Waals surface area contributed by atoms with Gasteiger partial charge in [0.1, 0.15) is 5.75 Å². The summed E-state index contributed by atoms with van der Waals surface area (Å²) in [5.74, 6) is 2.53. The van der Waals surface area contributed by atoms with Crippen LogP contribution in [0.15, 0.2) is 42.5 Å². The molecule has 2 aromatic rings. The predicted octanol–water partition coefficient (Wildman–Crippen LogP) is 4.73. The van der Waals surface area contributed by atoms with Crippen LogP contribution in [-0.2, 0) is 6.42 Å². The van der Waals surface area contributed by atoms with Crippen LogP contribution >= 0.6 is 0 Å². The average molecular weight is 462 g/mol. The number of benzene rings is 2. The molecule has 182 valence electrons. The summed E-state index contributed by atoms with van der Waals surface area (Å²) in [4.78, 5) is 12.6. The van der Waals surface area contributed by atoms with E-state index in [1.807, 2.05) is 12.1 Å². The molecule has 1 saturated heterocycles. The molecule has 2 aliphatic heterocycles. The molecule has 1 aliphatic carbocycles. The van der Waals surface area contributed by atoms with Crippen LogP contribution in [0, 0.1) is 5.92 Å². The predicted molar refractivity (Wildman–Crippen MR) is 137 cm³/mol. The van der Waals surface area contributed by atoms with Gasteiger partial charge in [-0.25, -0.2) is 0 Å². The van der Waals surface area contributed by atoms with Gasteiger partial charge in [-0.2, -0.15) is 0 Å². The van der Waals surface area contributed by atoms with E-state index in [0.29, 0.717) is 18.0 Å². The molecule has 34 heavy (non-hydrogen) atoms. The molecule has 0 spiro atoms. The molecule has 5 heteroatoms. The highest BCUT2D eigenvalue weighted by atomic mass is 16.5. The van der Waals surface area contributed by atoms with Gasteiger partial charge in [-0.05, 0) is 112 Å². The number of fused-ring (bicyclic) bond motifs is 1. The van der Waals surface area contributed by atoms with Gasteiger partial charge >= 0.3 is 0 Å². The Morgan fingerprint density at radius 3 is 2.74 bits per heavy atom. The Bertz CT molecular complexity index is 968. The molecule has 2 fully saturated rings. The summed E-state index contributed by atoms with van der Waals surface area (Å²) in [6, 6.07) is 15.7. The van der Waals surface area contributed by atoms with Crippen molar-refractivity contribution < 1.29 is 9.53 Å². The van der Waals surface area contributed by atoms with Crippen LogP contribution < -0.4 is 20.7 Å². The fourth-order valence-electron chi connectivity index (χ4n) is 5.88. The van der Waals surface area contributed by atoms with Crippen LogP contribution in [0.3, 0.4) is 0 Å². The fraction of sp³-hybridized carbons (Fsp3) is 0.552. The van der Waals surface area contributed by atoms with Crippen molar-refractivity contribution in [3.05, 3.63) is 64.7 Å². The van der Waals surface area contributed by atoms with Gasteiger partial charge in [0, 0.05) is 24.1 Å². The molecule has 2 heterocycles. The van der Waals surface area contributed by atoms with Crippen molar-refractivity contribution in [2.45, 2.75) is 69.9 Å². The Kier molecular flexibility index (Phi) is 7.51. The van der Waals surface area contributed by atoms with Gasteiger partial charge in [0.05, 0.1) is 6.61 Å². The molecule has 5 rings (SSSR count). The highest BCUT2D eigenvalue weighted by Crippen LogP contribution is 2.39. The maximum absolute atomic E-state index is 12.6. The zero-order valence-corrected chi connectivity index (χ0v) is 20.4. The zero-order chi connectivity index (χ0) is 23.3. The Morgan fingerprint density at radius 2 is 1.91 bits per heavy atom. The monoisotopic (exact) mass is 461 g/mol. The maximum Gasteiger partial charge on any atom is 0.251 e. The van der Waals surface area contributed by atoms with E-state index in [2.05, 4.69) is 53.2 Å². The van der Waals surface area contributed by atoms with E-state index >= 15 is 0 Å². The summed E-state index contributed by atoms with van der Waals surface area (Å²) >= 11 is 0. The minimum Gasteiger partial charge on any atom is -0.493 e. The van der Waals surface area contributed by atoms with Crippen LogP contribution in [0.1, 0.15) is 84.5 Å². The number of amides is 1. The minimum absolute atomic E-state index is 0.0684. The minimum atomic E-state index is 0.0684. The van der Waals surface area contributed by atoms with Gasteiger partial charge in [-0.3, -0.25) is 4.79 Å². The third kappa shape index (κ3) is 5.64. The summed E-state index contributed by atoms with van der Waals surface area (Å²) in [6.45, 7) is 6.12. The van der Waals surface area contributed by atoms with E-state index in [1.54, 1.807) is 0 Å². The molecule has 0 radical (unpaired) electrons. The van der Waals surface area contributed by atoms with E-state index in [9.17, 15) is 4.79 Å². The molecule has 3 N–H and O–H groups in total. The molecule has 0 aromatic heterocycles. The number of carbonyl (C=O) groups is 1. The fourth-order valence-corrected chi connectivity index (χ4v) is 5.88. The number of hydrogen-bond donors (Lipinski definition) is 3. The normalized spacial score (nSPS) is 23.3. The van der Waals surface area contributed by atoms with Gasteiger partial charge in [0.2, 0.25) is 0 Å². The number of ether oxygens (including phenoxy) is 1. The molecule has 2 aromatic carbocycles. The number of carbonyl (C=O) groups excluding carboxylic acids is 1. The topological polar surface area (TPSA) is 62.4 Å². The molecule has 1 amide bonds. The van der Waals surface area contributed by atoms with Gasteiger partial charge in [-0.15, -0.1) is 0 Å². The van der Waals surface area contributed by atoms with Crippen LogP contribution in [-0.4, -0.2) is 38.2 Å². The summed E-state index contributed by atoms with van der Waals surface area (Å²) in [6.07, 6.45) is 8.11. The van der Waals surface area contributed by atoms with E-state index in [0.717, 1.165) is 62.7 Å². The maximum atomic E-state index is 12.6. The molecular weight excluding hydrogens is 422 g/mol. The SMILES string of the molecule is C[C@@H](NCCC1CC[C@H](c2ccc(C(=O)NC3CCNCC3)cc2)C1)c1ccc2c(c1)CCO2. The average Bonchev–Trinajstić information content (AvgIpc) is 3.54. The molecule has 3 aliphatic rings. The molecule has 3 atom stereocenters. The number of rotatable bonds is 8. The number of nitrogens with one attached hydrogen (secondary N) is 3. The zero-order valence-electron chi connectivity index (χ0n) is 20.4. The quantitative estimate of drug-likeness (QED) is 0.532. The first-order valence-corrected chi connectivity index (χ1v) is 13.3. The van der Waals surface area contributed by atoms with E-state index < -0.39 is 0 Å². The van der Waals surface area contributed by atoms with E-state index in [-0.39, 0.29) is 5.91 Å². The van der Waals surface area contributed by atoms with Crippen molar-refractivity contribution in [1.29, 1.82) is 0 Å². The van der Waals surface area contributed by atoms with Crippen molar-refractivity contribution in [1.82, 2.24) is 16.0 Å². The van der Waals surface area contributed by atoms with E-state index in [4.69, 9.17) is 4.74 Å². The smallest absolute Gasteiger partial charge is 0.251 e. The van der Waals surface area contributed by atoms with Crippen LogP contribution in [0.2, 0.25) is 0 Å². The lowest BCUT2D eigenvalue weighted by molar-refractivity contribution is 0.0929. The highest BCUT2D eigenvalue weighted by Gasteiger charge is 2.26. The molecule has 1 unspecified atom stereocenters. The van der Waals surface area contributed by atoms with Gasteiger partial charge in [0.25, 0.3) is 5.91 Å². The first-order chi connectivity index (χ1) is 16.7. The van der Waals surface area contributed by atoms with Gasteiger partial charge < -0.3 is 20.7 Å². The summed E-state index contributed by atoms with van der Waals surface area (Å²) in [5.41, 5.74) is 4.88. The van der Waals surface area contributed by atoms with Crippen molar-refractivity contribution in [3.63, 3.8) is 0 Å². The highest BCUT2D eigenvalue weighted by molar-refractivity contribution is 5.94. The van der Waals surface area contributed by atoms with Crippen molar-refractivity contribution in [3.8, 4) is 5.75 Å². The Balaban J connectivity index is 1.06. The largest absolute Gasteiger partial charge is 0.493 e. The third-order valence-corrected chi connectivity index (χ3v) is 8.08. The Labute approximate surface area is 204 Å². The second-order valence-electron chi connectivity index (χ2n) is 10.4. The summed E-state index contributed by atoms with van der Waals surface area (Å²) in [5, 5.41) is 10.3. The second-order valence-corrected chi connectivity index (χ2v) is 10.4. The standard InChI is InChI=1S/C29H39N3O2/c1-20(24-8-9-28-26(19-24)13-17-34-28)31-16-10-21-2-3-25(18-21)22-4-6-23(7-5-22)29(33)32-27-11-14-30-15-12-27/h4-9,19-21,25,27,30-31H,2-3,10-18H2,1H3,(H,32,33)/t20-,21?,25+/m1/s1. The second kappa shape index (κ2) is 10.9. The van der Waals surface area contributed by atoms with Crippen molar-refractivity contribution >= 4 is 5.91 Å². The first-order valence-electron chi connectivity index (χ1n) is 13.3. The summed E-state index contributed by atoms with van der Waals surface area (Å²) < 4.78 is 5.63. The molecule has 5 nitrogen and oxygen atoms in total. The van der Waals surface area contributed by atoms with Crippen LogP contribution in [0.25, 0.3) is 0 Å². The first kappa shape index (κ1) is 23.4. The van der Waals surface area contributed by atoms with Crippen molar-refractivity contribution in [2.75, 3.05) is 26.2 Å². The lowest BCUT2D eigenvalue weighted by atomic mass is 9.94. The molecular formula is C29H39N3O2. The Hall–Kier alpha value is -2.37. The lowest BCUT2D eigenvalue weighted by Crippen LogP contribution is -2.42. The lowest BCUT2D eigenvalue weighted by Gasteiger charge is -2.23. The molecule has 1 saturated carbocycles. The number of piperidine rings is 1. The van der Waals surface area contributed by atoms with E-state index in [1.165, 1.54) is 42.4 Å². The van der Waals surface area contributed by atoms with Crippen LogP contribution in [0.4, 0.5) is 0 Å².